The molecule has 1 aromatic carbocycles. The molecule has 0 atom stereocenters. The number of ketones is 1. The van der Waals surface area contributed by atoms with E-state index in [9.17, 15) is 4.79 Å². The smallest absolute Gasteiger partial charge is 0.197 e. The predicted molar refractivity (Wildman–Crippen MR) is 77.6 cm³/mol. The maximum absolute atomic E-state index is 11.7. The lowest BCUT2D eigenvalue weighted by Crippen LogP contribution is -1.93. The van der Waals surface area contributed by atoms with E-state index in [1.54, 1.807) is 12.3 Å². The van der Waals surface area contributed by atoms with Crippen molar-refractivity contribution in [3.63, 3.8) is 0 Å². The van der Waals surface area contributed by atoms with Gasteiger partial charge >= 0.3 is 0 Å². The quantitative estimate of drug-likeness (QED) is 0.658. The van der Waals surface area contributed by atoms with Crippen molar-refractivity contribution in [1.29, 1.82) is 0 Å². The van der Waals surface area contributed by atoms with E-state index in [0.29, 0.717) is 5.02 Å². The lowest BCUT2D eigenvalue weighted by molar-refractivity contribution is 0.105. The Morgan fingerprint density at radius 1 is 1.39 bits per heavy atom. The summed E-state index contributed by atoms with van der Waals surface area (Å²) in [5.74, 6) is -0.00397. The molecular weight excluding hydrogens is 266 g/mol. The topological polar surface area (TPSA) is 29.1 Å². The highest BCUT2D eigenvalue weighted by Crippen LogP contribution is 2.19. The molecule has 1 aromatic heterocycles. The zero-order chi connectivity index (χ0) is 13.0. The Bertz CT molecular complexity index is 575. The number of allylic oxidation sites excluding steroid dienone is 1. The van der Waals surface area contributed by atoms with E-state index < -0.39 is 0 Å². The molecule has 0 spiro atoms. The van der Waals surface area contributed by atoms with Crippen LogP contribution in [0.3, 0.4) is 0 Å². The van der Waals surface area contributed by atoms with Crippen molar-refractivity contribution in [2.24, 2.45) is 0 Å². The van der Waals surface area contributed by atoms with Crippen LogP contribution in [0, 0.1) is 6.92 Å². The Morgan fingerprint density at radius 3 is 2.89 bits per heavy atom. The first-order valence-electron chi connectivity index (χ1n) is 5.44. The minimum absolute atomic E-state index is 0.00397. The molecule has 0 aliphatic rings. The molecule has 2 nitrogen and oxygen atoms in total. The van der Waals surface area contributed by atoms with Crippen molar-refractivity contribution < 1.29 is 4.79 Å². The van der Waals surface area contributed by atoms with Crippen molar-refractivity contribution in [3.8, 4) is 0 Å². The highest BCUT2D eigenvalue weighted by Gasteiger charge is 2.01. The van der Waals surface area contributed by atoms with Gasteiger partial charge in [0.15, 0.2) is 5.78 Å². The molecule has 0 radical (unpaired) electrons. The average molecular weight is 278 g/mol. The van der Waals surface area contributed by atoms with E-state index in [-0.39, 0.29) is 5.78 Å². The van der Waals surface area contributed by atoms with Gasteiger partial charge in [0.05, 0.1) is 4.88 Å². The fraction of sp³-hybridized carbons (Fsp3) is 0.0714. The lowest BCUT2D eigenvalue weighted by Gasteiger charge is -2.03. The van der Waals surface area contributed by atoms with Crippen LogP contribution in [0.25, 0.3) is 0 Å². The van der Waals surface area contributed by atoms with Gasteiger partial charge in [-0.3, -0.25) is 4.79 Å². The SMILES string of the molecule is Cc1ccc(N/C=C\C(=O)c2cccs2)cc1Cl. The first-order chi connectivity index (χ1) is 8.66. The molecule has 1 N–H and O–H groups in total. The third-order valence-corrected chi connectivity index (χ3v) is 3.71. The summed E-state index contributed by atoms with van der Waals surface area (Å²) in [6, 6.07) is 9.34. The van der Waals surface area contributed by atoms with E-state index in [1.807, 2.05) is 36.6 Å². The van der Waals surface area contributed by atoms with Crippen molar-refractivity contribution in [1.82, 2.24) is 0 Å². The first kappa shape index (κ1) is 12.9. The van der Waals surface area contributed by atoms with E-state index in [2.05, 4.69) is 5.32 Å². The molecule has 18 heavy (non-hydrogen) atoms. The van der Waals surface area contributed by atoms with Crippen LogP contribution in [-0.4, -0.2) is 5.78 Å². The second-order valence-electron chi connectivity index (χ2n) is 3.78. The average Bonchev–Trinajstić information content (AvgIpc) is 2.87. The standard InChI is InChI=1S/C14H12ClNOS/c1-10-4-5-11(9-12(10)15)16-7-6-13(17)14-3-2-8-18-14/h2-9,16H,1H3/b7-6-. The minimum Gasteiger partial charge on any atom is -0.362 e. The predicted octanol–water partition coefficient (Wildman–Crippen LogP) is 4.52. The van der Waals surface area contributed by atoms with Crippen LogP contribution in [0.15, 0.2) is 48.0 Å². The van der Waals surface area contributed by atoms with Gasteiger partial charge in [-0.25, -0.2) is 0 Å². The molecule has 0 saturated carbocycles. The van der Waals surface area contributed by atoms with Crippen molar-refractivity contribution >= 4 is 34.4 Å². The molecule has 2 rings (SSSR count). The third kappa shape index (κ3) is 3.22. The number of hydrogen-bond donors (Lipinski definition) is 1. The highest BCUT2D eigenvalue weighted by molar-refractivity contribution is 7.12. The molecule has 0 amide bonds. The van der Waals surface area contributed by atoms with Gasteiger partial charge in [-0.15, -0.1) is 11.3 Å². The molecule has 1 heterocycles. The van der Waals surface area contributed by atoms with Gasteiger partial charge in [-0.05, 0) is 36.1 Å². The Labute approximate surface area is 115 Å². The zero-order valence-corrected chi connectivity index (χ0v) is 11.4. The molecule has 0 aliphatic carbocycles. The maximum atomic E-state index is 11.7. The van der Waals surface area contributed by atoms with Gasteiger partial charge in [0.2, 0.25) is 0 Å². The summed E-state index contributed by atoms with van der Waals surface area (Å²) in [6.45, 7) is 1.95. The summed E-state index contributed by atoms with van der Waals surface area (Å²) in [4.78, 5) is 12.4. The second kappa shape index (κ2) is 5.85. The molecule has 2 aromatic rings. The largest absolute Gasteiger partial charge is 0.362 e. The van der Waals surface area contributed by atoms with Crippen LogP contribution in [0.4, 0.5) is 5.69 Å². The van der Waals surface area contributed by atoms with Crippen LogP contribution in [0.5, 0.6) is 0 Å². The summed E-state index contributed by atoms with van der Waals surface area (Å²) in [5.41, 5.74) is 1.89. The summed E-state index contributed by atoms with van der Waals surface area (Å²) >= 11 is 7.44. The summed E-state index contributed by atoms with van der Waals surface area (Å²) in [7, 11) is 0. The van der Waals surface area contributed by atoms with Gasteiger partial charge in [-0.2, -0.15) is 0 Å². The van der Waals surface area contributed by atoms with E-state index >= 15 is 0 Å². The van der Waals surface area contributed by atoms with Gasteiger partial charge in [0, 0.05) is 23.0 Å². The molecule has 4 heteroatoms. The number of anilines is 1. The van der Waals surface area contributed by atoms with Crippen molar-refractivity contribution in [3.05, 3.63) is 63.5 Å². The number of benzene rings is 1. The van der Waals surface area contributed by atoms with E-state index in [4.69, 9.17) is 11.6 Å². The van der Waals surface area contributed by atoms with Gasteiger partial charge in [-0.1, -0.05) is 23.7 Å². The van der Waals surface area contributed by atoms with Crippen LogP contribution >= 0.6 is 22.9 Å². The fourth-order valence-electron chi connectivity index (χ4n) is 1.40. The monoisotopic (exact) mass is 277 g/mol. The molecular formula is C14H12ClNOS. The Balaban J connectivity index is 1.99. The van der Waals surface area contributed by atoms with Crippen LogP contribution in [0.2, 0.25) is 5.02 Å². The van der Waals surface area contributed by atoms with E-state index in [1.165, 1.54) is 17.4 Å². The van der Waals surface area contributed by atoms with Crippen molar-refractivity contribution in [2.75, 3.05) is 5.32 Å². The first-order valence-corrected chi connectivity index (χ1v) is 6.69. The molecule has 92 valence electrons. The minimum atomic E-state index is -0.00397. The number of aryl methyl sites for hydroxylation is 1. The molecule has 0 fully saturated rings. The summed E-state index contributed by atoms with van der Waals surface area (Å²) < 4.78 is 0. The van der Waals surface area contributed by atoms with Gasteiger partial charge in [0.25, 0.3) is 0 Å². The molecule has 0 aliphatic heterocycles. The Kier molecular flexibility index (Phi) is 4.18. The Hall–Kier alpha value is -1.58. The van der Waals surface area contributed by atoms with Gasteiger partial charge in [0.1, 0.15) is 0 Å². The third-order valence-electron chi connectivity index (χ3n) is 2.42. The molecule has 0 saturated heterocycles. The van der Waals surface area contributed by atoms with Crippen LogP contribution in [-0.2, 0) is 0 Å². The van der Waals surface area contributed by atoms with Crippen LogP contribution < -0.4 is 5.32 Å². The fourth-order valence-corrected chi connectivity index (χ4v) is 2.22. The second-order valence-corrected chi connectivity index (χ2v) is 5.14. The number of rotatable bonds is 4. The number of carbonyl (C=O) groups is 1. The maximum Gasteiger partial charge on any atom is 0.197 e. The highest BCUT2D eigenvalue weighted by atomic mass is 35.5. The summed E-state index contributed by atoms with van der Waals surface area (Å²) in [5, 5.41) is 5.61. The number of halogens is 1. The number of hydrogen-bond acceptors (Lipinski definition) is 3. The normalized spacial score (nSPS) is 10.8. The van der Waals surface area contributed by atoms with Crippen LogP contribution in [0.1, 0.15) is 15.2 Å². The molecule has 0 unspecified atom stereocenters. The van der Waals surface area contributed by atoms with Crippen molar-refractivity contribution in [2.45, 2.75) is 6.92 Å². The zero-order valence-electron chi connectivity index (χ0n) is 9.81. The summed E-state index contributed by atoms with van der Waals surface area (Å²) in [6.07, 6.45) is 3.14. The number of nitrogens with one attached hydrogen (secondary N) is 1. The Morgan fingerprint density at radius 2 is 2.22 bits per heavy atom. The lowest BCUT2D eigenvalue weighted by atomic mass is 10.2. The number of carbonyl (C=O) groups excluding carboxylic acids is 1. The van der Waals surface area contributed by atoms with Gasteiger partial charge < -0.3 is 5.32 Å². The van der Waals surface area contributed by atoms with E-state index in [0.717, 1.165) is 16.1 Å². The molecule has 0 bridgehead atoms. The number of thiophene rings is 1.